The Balaban J connectivity index is 2.90. The Morgan fingerprint density at radius 2 is 1.65 bits per heavy atom. The van der Waals surface area contributed by atoms with Crippen LogP contribution in [-0.4, -0.2) is 36.9 Å². The second-order valence-corrected chi connectivity index (χ2v) is 5.92. The predicted octanol–water partition coefficient (Wildman–Crippen LogP) is 3.12. The highest BCUT2D eigenvalue weighted by Gasteiger charge is 2.21. The van der Waals surface area contributed by atoms with Gasteiger partial charge in [-0.05, 0) is 30.0 Å². The topological polar surface area (TPSA) is 84.9 Å². The van der Waals surface area contributed by atoms with Gasteiger partial charge in [0.15, 0.2) is 0 Å². The van der Waals surface area contributed by atoms with Gasteiger partial charge in [0.2, 0.25) is 0 Å². The van der Waals surface area contributed by atoms with Crippen LogP contribution in [0.3, 0.4) is 0 Å². The molecule has 0 spiro atoms. The highest BCUT2D eigenvalue weighted by atomic mass is 16.7. The molecule has 1 atom stereocenters. The number of hydrogen-bond donors (Lipinski definition) is 2. The summed E-state index contributed by atoms with van der Waals surface area (Å²) in [4.78, 5) is 22.8. The van der Waals surface area contributed by atoms with Crippen molar-refractivity contribution >= 4 is 12.1 Å². The van der Waals surface area contributed by atoms with E-state index in [-0.39, 0.29) is 18.4 Å². The van der Waals surface area contributed by atoms with Crippen molar-refractivity contribution in [2.45, 2.75) is 45.6 Å². The normalized spacial score (nSPS) is 12.3. The molecule has 0 bridgehead atoms. The minimum absolute atomic E-state index is 0.181. The van der Waals surface area contributed by atoms with Gasteiger partial charge in [0, 0.05) is 0 Å². The molecular weight excluding hydrogens is 298 g/mol. The molecule has 6 nitrogen and oxygen atoms in total. The third-order valence-electron chi connectivity index (χ3n) is 3.52. The second kappa shape index (κ2) is 8.53. The Hall–Kier alpha value is -2.08. The molecule has 0 aliphatic rings. The van der Waals surface area contributed by atoms with Gasteiger partial charge >= 0.3 is 12.1 Å². The van der Waals surface area contributed by atoms with Crippen LogP contribution in [0.4, 0.5) is 4.79 Å². The highest BCUT2D eigenvalue weighted by molar-refractivity contribution is 5.74. The molecule has 0 aromatic heterocycles. The summed E-state index contributed by atoms with van der Waals surface area (Å²) in [6, 6.07) is 4.79. The van der Waals surface area contributed by atoms with Gasteiger partial charge in [-0.1, -0.05) is 45.9 Å². The predicted molar refractivity (Wildman–Crippen MR) is 87.1 cm³/mol. The standard InChI is InChI=1S/C17H25NO5/c1-10(2)12-7-6-8-13(11(3)4)15(12)23-17(21)22-9-14(18-5)16(19)20/h6-8,10-11,14,18H,9H2,1-5H3,(H,19,20)/t14-/m0/s1. The van der Waals surface area contributed by atoms with Crippen LogP contribution < -0.4 is 10.1 Å². The first-order valence-corrected chi connectivity index (χ1v) is 7.65. The van der Waals surface area contributed by atoms with Crippen molar-refractivity contribution in [3.63, 3.8) is 0 Å². The average Bonchev–Trinajstić information content (AvgIpc) is 2.47. The fraction of sp³-hybridized carbons (Fsp3) is 0.529. The fourth-order valence-corrected chi connectivity index (χ4v) is 2.14. The van der Waals surface area contributed by atoms with Crippen LogP contribution >= 0.6 is 0 Å². The molecule has 0 fully saturated rings. The molecule has 6 heteroatoms. The molecule has 0 heterocycles. The third-order valence-corrected chi connectivity index (χ3v) is 3.52. The molecule has 0 unspecified atom stereocenters. The Morgan fingerprint density at radius 1 is 1.13 bits per heavy atom. The maximum absolute atomic E-state index is 11.9. The third kappa shape index (κ3) is 5.25. The number of likely N-dealkylation sites (N-methyl/N-ethyl adjacent to an activating group) is 1. The number of carboxylic acid groups (broad SMARTS) is 1. The van der Waals surface area contributed by atoms with E-state index in [1.165, 1.54) is 7.05 Å². The van der Waals surface area contributed by atoms with E-state index >= 15 is 0 Å². The monoisotopic (exact) mass is 323 g/mol. The molecule has 1 rings (SSSR count). The molecule has 128 valence electrons. The number of benzene rings is 1. The van der Waals surface area contributed by atoms with Crippen LogP contribution in [-0.2, 0) is 9.53 Å². The zero-order valence-electron chi connectivity index (χ0n) is 14.3. The molecule has 1 aromatic rings. The molecule has 1 aromatic carbocycles. The first-order chi connectivity index (χ1) is 10.8. The summed E-state index contributed by atoms with van der Waals surface area (Å²) in [6.45, 7) is 7.75. The molecule has 23 heavy (non-hydrogen) atoms. The number of rotatable bonds is 7. The number of aliphatic carboxylic acids is 1. The van der Waals surface area contributed by atoms with E-state index in [1.807, 2.05) is 45.9 Å². The lowest BCUT2D eigenvalue weighted by molar-refractivity contribution is -0.140. The maximum atomic E-state index is 11.9. The first-order valence-electron chi connectivity index (χ1n) is 7.65. The number of nitrogens with one attached hydrogen (secondary N) is 1. The van der Waals surface area contributed by atoms with E-state index in [2.05, 4.69) is 5.32 Å². The van der Waals surface area contributed by atoms with Crippen LogP contribution in [0, 0.1) is 0 Å². The van der Waals surface area contributed by atoms with Gasteiger partial charge in [0.05, 0.1) is 0 Å². The number of hydrogen-bond acceptors (Lipinski definition) is 5. The van der Waals surface area contributed by atoms with Crippen LogP contribution in [0.25, 0.3) is 0 Å². The van der Waals surface area contributed by atoms with Gasteiger partial charge in [-0.3, -0.25) is 4.79 Å². The summed E-state index contributed by atoms with van der Waals surface area (Å²) in [7, 11) is 1.48. The Bertz CT molecular complexity index is 528. The van der Waals surface area contributed by atoms with Gasteiger partial charge in [0.1, 0.15) is 18.4 Å². The van der Waals surface area contributed by atoms with Crippen molar-refractivity contribution in [3.8, 4) is 5.75 Å². The lowest BCUT2D eigenvalue weighted by atomic mass is 9.94. The molecule has 0 amide bonds. The van der Waals surface area contributed by atoms with Crippen molar-refractivity contribution in [2.24, 2.45) is 0 Å². The second-order valence-electron chi connectivity index (χ2n) is 5.92. The van der Waals surface area contributed by atoms with E-state index in [1.54, 1.807) is 0 Å². The summed E-state index contributed by atoms with van der Waals surface area (Å²) in [5.41, 5.74) is 1.83. The number of ether oxygens (including phenoxy) is 2. The minimum Gasteiger partial charge on any atom is -0.480 e. The van der Waals surface area contributed by atoms with E-state index in [4.69, 9.17) is 14.6 Å². The van der Waals surface area contributed by atoms with Gasteiger partial charge in [0.25, 0.3) is 0 Å². The van der Waals surface area contributed by atoms with E-state index in [0.29, 0.717) is 5.75 Å². The molecular formula is C17H25NO5. The zero-order chi connectivity index (χ0) is 17.6. The maximum Gasteiger partial charge on any atom is 0.513 e. The Morgan fingerprint density at radius 3 is 2.04 bits per heavy atom. The molecule has 0 saturated carbocycles. The first kappa shape index (κ1) is 19.0. The van der Waals surface area contributed by atoms with E-state index < -0.39 is 18.2 Å². The lowest BCUT2D eigenvalue weighted by Gasteiger charge is -2.19. The molecule has 2 N–H and O–H groups in total. The lowest BCUT2D eigenvalue weighted by Crippen LogP contribution is -2.39. The number of para-hydroxylation sites is 1. The number of carbonyl (C=O) groups excluding carboxylic acids is 1. The van der Waals surface area contributed by atoms with Gasteiger partial charge < -0.3 is 19.9 Å². The molecule has 0 aliphatic carbocycles. The van der Waals surface area contributed by atoms with Crippen molar-refractivity contribution in [1.82, 2.24) is 5.32 Å². The number of carbonyl (C=O) groups is 2. The van der Waals surface area contributed by atoms with Gasteiger partial charge in [-0.2, -0.15) is 0 Å². The fourth-order valence-electron chi connectivity index (χ4n) is 2.14. The van der Waals surface area contributed by atoms with Crippen LogP contribution in [0.15, 0.2) is 18.2 Å². The van der Waals surface area contributed by atoms with Crippen molar-refractivity contribution < 1.29 is 24.2 Å². The molecule has 0 radical (unpaired) electrons. The van der Waals surface area contributed by atoms with Crippen LogP contribution in [0.1, 0.15) is 50.7 Å². The van der Waals surface area contributed by atoms with Crippen LogP contribution in [0.5, 0.6) is 5.75 Å². The quantitative estimate of drug-likeness (QED) is 0.592. The van der Waals surface area contributed by atoms with Crippen molar-refractivity contribution in [3.05, 3.63) is 29.3 Å². The summed E-state index contributed by atoms with van der Waals surface area (Å²) >= 11 is 0. The van der Waals surface area contributed by atoms with Crippen LogP contribution in [0.2, 0.25) is 0 Å². The summed E-state index contributed by atoms with van der Waals surface area (Å²) < 4.78 is 10.3. The Labute approximate surface area is 136 Å². The van der Waals surface area contributed by atoms with E-state index in [0.717, 1.165) is 11.1 Å². The summed E-state index contributed by atoms with van der Waals surface area (Å²) in [5.74, 6) is -0.231. The van der Waals surface area contributed by atoms with E-state index in [9.17, 15) is 9.59 Å². The SMILES string of the molecule is CN[C@@H](COC(=O)Oc1c(C(C)C)cccc1C(C)C)C(=O)O. The number of carboxylic acids is 1. The molecule has 0 saturated heterocycles. The highest BCUT2D eigenvalue weighted by Crippen LogP contribution is 2.34. The summed E-state index contributed by atoms with van der Waals surface area (Å²) in [6.07, 6.45) is -0.901. The van der Waals surface area contributed by atoms with Crippen molar-refractivity contribution in [1.29, 1.82) is 0 Å². The average molecular weight is 323 g/mol. The van der Waals surface area contributed by atoms with Gasteiger partial charge in [-0.15, -0.1) is 0 Å². The van der Waals surface area contributed by atoms with Gasteiger partial charge in [-0.25, -0.2) is 4.79 Å². The smallest absolute Gasteiger partial charge is 0.480 e. The minimum atomic E-state index is -1.09. The molecule has 0 aliphatic heterocycles. The largest absolute Gasteiger partial charge is 0.513 e. The Kier molecular flexibility index (Phi) is 7.03. The summed E-state index contributed by atoms with van der Waals surface area (Å²) in [5, 5.41) is 11.5. The van der Waals surface area contributed by atoms with Crippen molar-refractivity contribution in [2.75, 3.05) is 13.7 Å². The zero-order valence-corrected chi connectivity index (χ0v) is 14.3.